The Morgan fingerprint density at radius 3 is 2.33 bits per heavy atom. The van der Waals surface area contributed by atoms with Crippen LogP contribution in [0.5, 0.6) is 5.75 Å². The number of carbonyl (C=O) groups is 1. The molecule has 1 atom stereocenters. The number of nitrogens with one attached hydrogen (secondary N) is 1. The number of carbonyl (C=O) groups excluding carboxylic acids is 1. The molecule has 0 heterocycles. The number of amides is 1. The van der Waals surface area contributed by atoms with Gasteiger partial charge in [0.15, 0.2) is 6.10 Å². The summed E-state index contributed by atoms with van der Waals surface area (Å²) in [6.07, 6.45) is 0.322. The lowest BCUT2D eigenvalue weighted by molar-refractivity contribution is -0.122. The van der Waals surface area contributed by atoms with Gasteiger partial charge in [0.05, 0.1) is 0 Å². The smallest absolute Gasteiger partial charge is 0.265 e. The molecule has 1 N–H and O–H groups in total. The quantitative estimate of drug-likeness (QED) is 0.803. The third-order valence-electron chi connectivity index (χ3n) is 4.22. The highest BCUT2D eigenvalue weighted by atomic mass is 16.5. The molecular formula is C21H27NO2. The van der Waals surface area contributed by atoms with Crippen LogP contribution in [-0.4, -0.2) is 12.0 Å². The number of aryl methyl sites for hydroxylation is 2. The van der Waals surface area contributed by atoms with Gasteiger partial charge < -0.3 is 10.1 Å². The van der Waals surface area contributed by atoms with Crippen molar-refractivity contribution in [2.45, 2.75) is 53.1 Å². The predicted molar refractivity (Wildman–Crippen MR) is 99.8 cm³/mol. The fourth-order valence-corrected chi connectivity index (χ4v) is 2.62. The van der Waals surface area contributed by atoms with Gasteiger partial charge in [0.25, 0.3) is 5.91 Å². The first-order valence-corrected chi connectivity index (χ1v) is 8.58. The van der Waals surface area contributed by atoms with E-state index in [0.717, 1.165) is 23.2 Å². The van der Waals surface area contributed by atoms with E-state index < -0.39 is 6.10 Å². The molecule has 0 radical (unpaired) electrons. The molecular weight excluding hydrogens is 298 g/mol. The number of para-hydroxylation sites is 1. The maximum absolute atomic E-state index is 12.5. The van der Waals surface area contributed by atoms with Gasteiger partial charge in [0.1, 0.15) is 5.75 Å². The van der Waals surface area contributed by atoms with Gasteiger partial charge in [-0.15, -0.1) is 0 Å². The minimum atomic E-state index is -0.556. The number of anilines is 1. The molecule has 0 saturated heterocycles. The summed E-state index contributed by atoms with van der Waals surface area (Å²) in [5.74, 6) is 1.06. The molecule has 1 unspecified atom stereocenters. The molecule has 0 aliphatic heterocycles. The molecule has 0 aliphatic rings. The van der Waals surface area contributed by atoms with Gasteiger partial charge in [0, 0.05) is 5.69 Å². The van der Waals surface area contributed by atoms with Crippen molar-refractivity contribution in [1.29, 1.82) is 0 Å². The zero-order valence-electron chi connectivity index (χ0n) is 15.2. The van der Waals surface area contributed by atoms with Crippen LogP contribution in [0.15, 0.2) is 42.5 Å². The number of benzene rings is 2. The monoisotopic (exact) mass is 325 g/mol. The van der Waals surface area contributed by atoms with Gasteiger partial charge in [0.2, 0.25) is 0 Å². The second kappa shape index (κ2) is 8.00. The van der Waals surface area contributed by atoms with E-state index in [2.05, 4.69) is 26.1 Å². The summed E-state index contributed by atoms with van der Waals surface area (Å²) in [5, 5.41) is 3.02. The molecule has 128 valence electrons. The lowest BCUT2D eigenvalue weighted by Gasteiger charge is -2.18. The lowest BCUT2D eigenvalue weighted by atomic mass is 10.0. The zero-order chi connectivity index (χ0) is 17.7. The van der Waals surface area contributed by atoms with Crippen LogP contribution in [0.3, 0.4) is 0 Å². The van der Waals surface area contributed by atoms with Crippen LogP contribution in [-0.2, 0) is 11.2 Å². The van der Waals surface area contributed by atoms with Crippen LogP contribution < -0.4 is 10.1 Å². The molecule has 2 aromatic rings. The van der Waals surface area contributed by atoms with Crippen molar-refractivity contribution in [3.05, 3.63) is 59.2 Å². The van der Waals surface area contributed by atoms with Crippen LogP contribution >= 0.6 is 0 Å². The molecule has 3 nitrogen and oxygen atoms in total. The fourth-order valence-electron chi connectivity index (χ4n) is 2.62. The van der Waals surface area contributed by atoms with E-state index in [4.69, 9.17) is 4.74 Å². The number of ether oxygens (including phenoxy) is 1. The maximum atomic E-state index is 12.5. The number of rotatable bonds is 6. The Kier molecular flexibility index (Phi) is 6.02. The van der Waals surface area contributed by atoms with Gasteiger partial charge in [-0.05, 0) is 55.0 Å². The molecule has 3 heteroatoms. The van der Waals surface area contributed by atoms with Crippen LogP contribution in [0.25, 0.3) is 0 Å². The molecule has 2 aromatic carbocycles. The average Bonchev–Trinajstić information content (AvgIpc) is 2.57. The first kappa shape index (κ1) is 18.1. The second-order valence-electron chi connectivity index (χ2n) is 6.44. The molecule has 1 amide bonds. The third kappa shape index (κ3) is 4.38. The first-order valence-electron chi connectivity index (χ1n) is 8.58. The second-order valence-corrected chi connectivity index (χ2v) is 6.44. The van der Waals surface area contributed by atoms with Gasteiger partial charge >= 0.3 is 0 Å². The normalized spacial score (nSPS) is 12.1. The summed E-state index contributed by atoms with van der Waals surface area (Å²) in [5.41, 5.74) is 4.36. The molecule has 0 aliphatic carbocycles. The summed E-state index contributed by atoms with van der Waals surface area (Å²) in [7, 11) is 0. The molecule has 0 fully saturated rings. The molecule has 24 heavy (non-hydrogen) atoms. The van der Waals surface area contributed by atoms with E-state index in [1.165, 1.54) is 5.56 Å². The van der Waals surface area contributed by atoms with Crippen molar-refractivity contribution in [3.8, 4) is 5.75 Å². The van der Waals surface area contributed by atoms with Gasteiger partial charge in [-0.25, -0.2) is 0 Å². The number of hydrogen-bond acceptors (Lipinski definition) is 2. The first-order chi connectivity index (χ1) is 11.4. The van der Waals surface area contributed by atoms with E-state index in [1.54, 1.807) is 6.92 Å². The third-order valence-corrected chi connectivity index (χ3v) is 4.22. The van der Waals surface area contributed by atoms with Crippen molar-refractivity contribution in [3.63, 3.8) is 0 Å². The van der Waals surface area contributed by atoms with Crippen molar-refractivity contribution >= 4 is 11.6 Å². The van der Waals surface area contributed by atoms with Crippen molar-refractivity contribution in [1.82, 2.24) is 0 Å². The predicted octanol–water partition coefficient (Wildman–Crippen LogP) is 5.09. The summed E-state index contributed by atoms with van der Waals surface area (Å²) < 4.78 is 5.78. The van der Waals surface area contributed by atoms with Crippen LogP contribution in [0.1, 0.15) is 50.3 Å². The van der Waals surface area contributed by atoms with Gasteiger partial charge in [-0.3, -0.25) is 4.79 Å². The Morgan fingerprint density at radius 2 is 1.75 bits per heavy atom. The van der Waals surface area contributed by atoms with Crippen molar-refractivity contribution in [2.75, 3.05) is 5.32 Å². The van der Waals surface area contributed by atoms with E-state index >= 15 is 0 Å². The minimum Gasteiger partial charge on any atom is -0.481 e. The Bertz CT molecular complexity index is 689. The maximum Gasteiger partial charge on any atom is 0.265 e. The zero-order valence-corrected chi connectivity index (χ0v) is 15.2. The Labute approximate surface area is 145 Å². The van der Waals surface area contributed by atoms with E-state index in [0.29, 0.717) is 11.7 Å². The highest BCUT2D eigenvalue weighted by molar-refractivity contribution is 5.95. The van der Waals surface area contributed by atoms with E-state index in [9.17, 15) is 4.79 Å². The van der Waals surface area contributed by atoms with Crippen molar-refractivity contribution in [2.24, 2.45) is 0 Å². The molecule has 0 spiro atoms. The summed E-state index contributed by atoms with van der Waals surface area (Å²) in [6, 6.07) is 14.0. The Hall–Kier alpha value is -2.29. The van der Waals surface area contributed by atoms with Gasteiger partial charge in [-0.2, -0.15) is 0 Å². The van der Waals surface area contributed by atoms with Crippen LogP contribution in [0.4, 0.5) is 5.69 Å². The lowest BCUT2D eigenvalue weighted by Crippen LogP contribution is -2.30. The highest BCUT2D eigenvalue weighted by Crippen LogP contribution is 2.22. The minimum absolute atomic E-state index is 0.132. The van der Waals surface area contributed by atoms with E-state index in [1.807, 2.05) is 49.4 Å². The molecule has 0 aromatic heterocycles. The van der Waals surface area contributed by atoms with Crippen LogP contribution in [0.2, 0.25) is 0 Å². The Morgan fingerprint density at radius 1 is 1.08 bits per heavy atom. The SMILES string of the molecule is CCc1cccc(C)c1NC(=O)C(C)Oc1ccc(C(C)C)cc1. The number of hydrogen-bond donors (Lipinski definition) is 1. The molecule has 2 rings (SSSR count). The van der Waals surface area contributed by atoms with E-state index in [-0.39, 0.29) is 5.91 Å². The fraction of sp³-hybridized carbons (Fsp3) is 0.381. The largest absolute Gasteiger partial charge is 0.481 e. The molecule has 0 bridgehead atoms. The summed E-state index contributed by atoms with van der Waals surface area (Å²) >= 11 is 0. The van der Waals surface area contributed by atoms with Crippen molar-refractivity contribution < 1.29 is 9.53 Å². The van der Waals surface area contributed by atoms with Gasteiger partial charge in [-0.1, -0.05) is 51.1 Å². The molecule has 0 saturated carbocycles. The topological polar surface area (TPSA) is 38.3 Å². The standard InChI is InChI=1S/C21H27NO2/c1-6-17-9-7-8-15(4)20(17)22-21(23)16(5)24-19-12-10-18(11-13-19)14(2)3/h7-14,16H,6H2,1-5H3,(H,22,23). The highest BCUT2D eigenvalue weighted by Gasteiger charge is 2.17. The van der Waals surface area contributed by atoms with Crippen LogP contribution in [0, 0.1) is 6.92 Å². The average molecular weight is 325 g/mol. The summed E-state index contributed by atoms with van der Waals surface area (Å²) in [6.45, 7) is 10.2. The summed E-state index contributed by atoms with van der Waals surface area (Å²) in [4.78, 5) is 12.5. The Balaban J connectivity index is 2.05.